The van der Waals surface area contributed by atoms with E-state index >= 15 is 0 Å². The van der Waals surface area contributed by atoms with E-state index in [0.29, 0.717) is 30.4 Å². The van der Waals surface area contributed by atoms with Gasteiger partial charge in [0.25, 0.3) is 5.91 Å². The second-order valence-corrected chi connectivity index (χ2v) is 5.63. The first-order valence-electron chi connectivity index (χ1n) is 8.32. The van der Waals surface area contributed by atoms with Crippen LogP contribution in [0.15, 0.2) is 42.6 Å². The number of hydrogen-bond acceptors (Lipinski definition) is 6. The Hall–Kier alpha value is -2.35. The molecule has 0 spiro atoms. The fourth-order valence-electron chi connectivity index (χ4n) is 2.38. The molecule has 0 aliphatic rings. The van der Waals surface area contributed by atoms with Crippen LogP contribution in [-0.4, -0.2) is 48.0 Å². The number of pyridine rings is 1. The van der Waals surface area contributed by atoms with Crippen molar-refractivity contribution in [1.82, 2.24) is 10.0 Å². The second-order valence-electron chi connectivity index (χ2n) is 5.63. The summed E-state index contributed by atoms with van der Waals surface area (Å²) >= 11 is 0. The number of amides is 1. The van der Waals surface area contributed by atoms with Crippen molar-refractivity contribution in [2.45, 2.75) is 26.1 Å². The van der Waals surface area contributed by atoms with Gasteiger partial charge in [-0.25, -0.2) is 5.06 Å². The van der Waals surface area contributed by atoms with Gasteiger partial charge in [-0.05, 0) is 30.7 Å². The summed E-state index contributed by atoms with van der Waals surface area (Å²) in [5.41, 5.74) is 1.67. The third kappa shape index (κ3) is 7.05. The van der Waals surface area contributed by atoms with Crippen molar-refractivity contribution in [3.8, 4) is 11.5 Å². The molecule has 27 heavy (non-hydrogen) atoms. The van der Waals surface area contributed by atoms with E-state index in [1.165, 1.54) is 7.05 Å². The van der Waals surface area contributed by atoms with Crippen molar-refractivity contribution in [3.05, 3.63) is 53.9 Å². The molecule has 2 aromatic rings. The molecule has 1 heterocycles. The number of methoxy groups -OCH3 is 1. The summed E-state index contributed by atoms with van der Waals surface area (Å²) in [6.45, 7) is 2.52. The van der Waals surface area contributed by atoms with Crippen molar-refractivity contribution in [1.29, 1.82) is 0 Å². The lowest BCUT2D eigenvalue weighted by molar-refractivity contribution is -0.171. The Morgan fingerprint density at radius 3 is 2.52 bits per heavy atom. The first-order chi connectivity index (χ1) is 12.5. The zero-order chi connectivity index (χ0) is 18.9. The smallest absolute Gasteiger partial charge is 0.275 e. The largest absolute Gasteiger partial charge is 0.497 e. The molecule has 1 aromatic carbocycles. The Bertz CT molecular complexity index is 710. The molecule has 0 unspecified atom stereocenters. The lowest BCUT2D eigenvalue weighted by Gasteiger charge is -2.19. The van der Waals surface area contributed by atoms with E-state index in [4.69, 9.17) is 14.2 Å². The highest BCUT2D eigenvalue weighted by molar-refractivity contribution is 5.85. The van der Waals surface area contributed by atoms with Crippen LogP contribution in [0.2, 0.25) is 0 Å². The minimum Gasteiger partial charge on any atom is -0.497 e. The van der Waals surface area contributed by atoms with Gasteiger partial charge in [-0.1, -0.05) is 12.1 Å². The number of carbonyl (C=O) groups excluding carboxylic acids is 1. The molecule has 148 valence electrons. The van der Waals surface area contributed by atoms with E-state index in [-0.39, 0.29) is 12.4 Å². The van der Waals surface area contributed by atoms with E-state index in [9.17, 15) is 10.0 Å². The predicted octanol–water partition coefficient (Wildman–Crippen LogP) is 2.89. The van der Waals surface area contributed by atoms with Gasteiger partial charge in [0.2, 0.25) is 0 Å². The summed E-state index contributed by atoms with van der Waals surface area (Å²) in [5.74, 6) is 0.947. The minimum absolute atomic E-state index is 0. The lowest BCUT2D eigenvalue weighted by atomic mass is 10.1. The predicted molar refractivity (Wildman–Crippen MR) is 102 cm³/mol. The van der Waals surface area contributed by atoms with Crippen LogP contribution in [0.4, 0.5) is 0 Å². The number of aromatic nitrogens is 1. The highest BCUT2D eigenvalue weighted by Gasteiger charge is 2.22. The Morgan fingerprint density at radius 1 is 1.22 bits per heavy atom. The molecule has 8 heteroatoms. The van der Waals surface area contributed by atoms with Gasteiger partial charge in [0, 0.05) is 32.3 Å². The maximum Gasteiger partial charge on any atom is 0.275 e. The first-order valence-corrected chi connectivity index (χ1v) is 8.32. The number of ether oxygens (including phenoxy) is 3. The highest BCUT2D eigenvalue weighted by Crippen LogP contribution is 2.17. The number of hydrogen-bond donors (Lipinski definition) is 1. The molecular weight excluding hydrogens is 372 g/mol. The van der Waals surface area contributed by atoms with Crippen LogP contribution < -0.4 is 9.47 Å². The molecule has 1 atom stereocenters. The minimum atomic E-state index is -0.720. The van der Waals surface area contributed by atoms with E-state index in [1.54, 1.807) is 26.3 Å². The Morgan fingerprint density at radius 2 is 1.93 bits per heavy atom. The Kier molecular flexibility index (Phi) is 9.56. The molecule has 1 aromatic heterocycles. The van der Waals surface area contributed by atoms with Crippen LogP contribution in [0, 0.1) is 0 Å². The molecule has 0 saturated heterocycles. The SMILES string of the molecule is CCO[C@@H](Cc1ccc(OCc2cc(OC)ccn2)cc1)C(=O)N(C)O.Cl. The normalized spacial score (nSPS) is 11.3. The van der Waals surface area contributed by atoms with Crippen LogP contribution in [0.25, 0.3) is 0 Å². The highest BCUT2D eigenvalue weighted by atomic mass is 35.5. The van der Waals surface area contributed by atoms with Gasteiger partial charge in [-0.3, -0.25) is 15.0 Å². The number of rotatable bonds is 9. The summed E-state index contributed by atoms with van der Waals surface area (Å²) in [6.07, 6.45) is 1.32. The zero-order valence-corrected chi connectivity index (χ0v) is 16.4. The number of benzene rings is 1. The van der Waals surface area contributed by atoms with E-state index in [1.807, 2.05) is 30.3 Å². The monoisotopic (exact) mass is 396 g/mol. The zero-order valence-electron chi connectivity index (χ0n) is 15.6. The van der Waals surface area contributed by atoms with Crippen LogP contribution in [-0.2, 0) is 22.6 Å². The number of nitrogens with zero attached hydrogens (tertiary/aromatic N) is 2. The van der Waals surface area contributed by atoms with E-state index < -0.39 is 12.0 Å². The molecule has 0 bridgehead atoms. The molecule has 2 rings (SSSR count). The molecule has 0 aliphatic carbocycles. The molecule has 7 nitrogen and oxygen atoms in total. The summed E-state index contributed by atoms with van der Waals surface area (Å²) in [5, 5.41) is 9.88. The van der Waals surface area contributed by atoms with Gasteiger partial charge in [-0.2, -0.15) is 0 Å². The molecule has 0 aliphatic heterocycles. The second kappa shape index (κ2) is 11.4. The quantitative estimate of drug-likeness (QED) is 0.518. The van der Waals surface area contributed by atoms with Crippen molar-refractivity contribution in [3.63, 3.8) is 0 Å². The topological polar surface area (TPSA) is 81.1 Å². The molecule has 1 amide bonds. The molecule has 0 radical (unpaired) electrons. The lowest BCUT2D eigenvalue weighted by Crippen LogP contribution is -2.37. The van der Waals surface area contributed by atoms with Crippen molar-refractivity contribution < 1.29 is 24.2 Å². The van der Waals surface area contributed by atoms with Crippen LogP contribution >= 0.6 is 12.4 Å². The van der Waals surface area contributed by atoms with Crippen molar-refractivity contribution in [2.75, 3.05) is 20.8 Å². The van der Waals surface area contributed by atoms with Gasteiger partial charge in [0.05, 0.1) is 12.8 Å². The van der Waals surface area contributed by atoms with Gasteiger partial charge in [0.1, 0.15) is 24.2 Å². The van der Waals surface area contributed by atoms with Gasteiger partial charge in [-0.15, -0.1) is 12.4 Å². The first kappa shape index (κ1) is 22.7. The molecule has 1 N–H and O–H groups in total. The summed E-state index contributed by atoms with van der Waals surface area (Å²) < 4.78 is 16.3. The summed E-state index contributed by atoms with van der Waals surface area (Å²) in [4.78, 5) is 16.2. The fraction of sp³-hybridized carbons (Fsp3) is 0.368. The Labute approximate surface area is 165 Å². The molecular formula is C19H25ClN2O5. The van der Waals surface area contributed by atoms with Gasteiger partial charge >= 0.3 is 0 Å². The number of hydroxylamine groups is 2. The van der Waals surface area contributed by atoms with Crippen molar-refractivity contribution in [2.24, 2.45) is 0 Å². The average Bonchev–Trinajstić information content (AvgIpc) is 2.66. The standard InChI is InChI=1S/C19H24N2O5.ClH/c1-4-25-18(19(22)21(2)23)11-14-5-7-16(8-6-14)26-13-15-12-17(24-3)9-10-20-15;/h5-10,12,18,23H,4,11,13H2,1-3H3;1H/t18-;/m0./s1. The fourth-order valence-corrected chi connectivity index (χ4v) is 2.38. The van der Waals surface area contributed by atoms with E-state index in [2.05, 4.69) is 4.98 Å². The van der Waals surface area contributed by atoms with Crippen molar-refractivity contribution >= 4 is 18.3 Å². The number of halogens is 1. The van der Waals surface area contributed by atoms with Crippen LogP contribution in [0.1, 0.15) is 18.2 Å². The van der Waals surface area contributed by atoms with Crippen LogP contribution in [0.5, 0.6) is 11.5 Å². The third-order valence-corrected chi connectivity index (χ3v) is 3.72. The molecule has 0 fully saturated rings. The van der Waals surface area contributed by atoms with Crippen LogP contribution in [0.3, 0.4) is 0 Å². The van der Waals surface area contributed by atoms with Gasteiger partial charge in [0.15, 0.2) is 0 Å². The Balaban J connectivity index is 0.00000364. The third-order valence-electron chi connectivity index (χ3n) is 3.72. The number of likely N-dealkylation sites (N-methyl/N-ethyl adjacent to an activating group) is 1. The van der Waals surface area contributed by atoms with Gasteiger partial charge < -0.3 is 14.2 Å². The maximum atomic E-state index is 11.9. The number of carbonyl (C=O) groups is 1. The molecule has 0 saturated carbocycles. The summed E-state index contributed by atoms with van der Waals surface area (Å²) in [7, 11) is 2.89. The summed E-state index contributed by atoms with van der Waals surface area (Å²) in [6, 6.07) is 11.0. The maximum absolute atomic E-state index is 11.9. The average molecular weight is 397 g/mol. The van der Waals surface area contributed by atoms with E-state index in [0.717, 1.165) is 17.0 Å².